The van der Waals surface area contributed by atoms with Gasteiger partial charge in [-0.05, 0) is 43.0 Å². The van der Waals surface area contributed by atoms with Gasteiger partial charge < -0.3 is 14.1 Å². The Labute approximate surface area is 141 Å². The van der Waals surface area contributed by atoms with Crippen LogP contribution in [0, 0.1) is 11.3 Å². The lowest BCUT2D eigenvalue weighted by molar-refractivity contribution is 0.0250. The summed E-state index contributed by atoms with van der Waals surface area (Å²) in [6, 6.07) is 9.35. The number of likely N-dealkylation sites (tertiary alicyclic amines) is 1. The van der Waals surface area contributed by atoms with Crippen LogP contribution in [0.15, 0.2) is 47.2 Å². The molecule has 0 aromatic carbocycles. The summed E-state index contributed by atoms with van der Waals surface area (Å²) >= 11 is 0. The van der Waals surface area contributed by atoms with Crippen LogP contribution in [0.3, 0.4) is 0 Å². The molecule has 1 amide bonds. The van der Waals surface area contributed by atoms with E-state index < -0.39 is 0 Å². The Bertz CT molecular complexity index is 686. The van der Waals surface area contributed by atoms with E-state index in [0.29, 0.717) is 24.9 Å². The number of fused-ring (bicyclic) bond motifs is 1. The highest BCUT2D eigenvalue weighted by molar-refractivity contribution is 5.91. The van der Waals surface area contributed by atoms with Crippen molar-refractivity contribution in [3.63, 3.8) is 0 Å². The lowest BCUT2D eigenvalue weighted by Crippen LogP contribution is -2.34. The zero-order valence-corrected chi connectivity index (χ0v) is 13.7. The molecule has 0 bridgehead atoms. The molecule has 1 aliphatic carbocycles. The average molecular weight is 326 g/mol. The van der Waals surface area contributed by atoms with Crippen molar-refractivity contribution in [3.05, 3.63) is 54.2 Å². The van der Waals surface area contributed by atoms with Gasteiger partial charge in [0.05, 0.1) is 25.2 Å². The first kappa shape index (κ1) is 15.4. The summed E-state index contributed by atoms with van der Waals surface area (Å²) in [5, 5.41) is 0. The summed E-state index contributed by atoms with van der Waals surface area (Å²) in [6.45, 7) is 2.80. The third kappa shape index (κ3) is 2.84. The quantitative estimate of drug-likeness (QED) is 0.847. The van der Waals surface area contributed by atoms with E-state index in [9.17, 15) is 4.79 Å². The van der Waals surface area contributed by atoms with E-state index in [1.54, 1.807) is 24.6 Å². The number of aromatic nitrogens is 1. The number of furan rings is 1. The van der Waals surface area contributed by atoms with E-state index in [1.807, 2.05) is 23.1 Å². The van der Waals surface area contributed by atoms with Crippen LogP contribution in [-0.4, -0.2) is 35.5 Å². The molecule has 2 atom stereocenters. The van der Waals surface area contributed by atoms with Gasteiger partial charge in [-0.25, -0.2) is 0 Å². The Morgan fingerprint density at radius 1 is 1.38 bits per heavy atom. The molecular weight excluding hydrogens is 304 g/mol. The zero-order chi connectivity index (χ0) is 16.4. The molecule has 0 unspecified atom stereocenters. The number of rotatable bonds is 5. The fraction of sp³-hybridized carbons (Fsp3) is 0.474. The molecule has 4 rings (SSSR count). The van der Waals surface area contributed by atoms with Crippen molar-refractivity contribution in [2.24, 2.45) is 11.3 Å². The first-order valence-corrected chi connectivity index (χ1v) is 8.57. The molecule has 126 valence electrons. The number of ether oxygens (including phenoxy) is 1. The summed E-state index contributed by atoms with van der Waals surface area (Å²) < 4.78 is 11.3. The molecule has 2 fully saturated rings. The van der Waals surface area contributed by atoms with Crippen molar-refractivity contribution in [1.29, 1.82) is 0 Å². The van der Waals surface area contributed by atoms with Crippen LogP contribution >= 0.6 is 0 Å². The second-order valence-electron chi connectivity index (χ2n) is 6.93. The Hall–Kier alpha value is -2.14. The van der Waals surface area contributed by atoms with Crippen molar-refractivity contribution in [2.75, 3.05) is 19.7 Å². The number of carbonyl (C=O) groups is 1. The van der Waals surface area contributed by atoms with Crippen LogP contribution in [0.1, 0.15) is 35.5 Å². The highest BCUT2D eigenvalue weighted by Gasteiger charge is 2.51. The monoisotopic (exact) mass is 326 g/mol. The maximum atomic E-state index is 12.6. The highest BCUT2D eigenvalue weighted by Crippen LogP contribution is 2.49. The fourth-order valence-corrected chi connectivity index (χ4v) is 4.20. The number of amides is 1. The summed E-state index contributed by atoms with van der Waals surface area (Å²) in [4.78, 5) is 18.8. The predicted molar refractivity (Wildman–Crippen MR) is 88.3 cm³/mol. The molecule has 1 saturated carbocycles. The van der Waals surface area contributed by atoms with Crippen LogP contribution in [0.2, 0.25) is 0 Å². The van der Waals surface area contributed by atoms with E-state index in [-0.39, 0.29) is 11.3 Å². The normalized spacial score (nSPS) is 25.8. The average Bonchev–Trinajstić information content (AvgIpc) is 3.31. The Balaban J connectivity index is 1.40. The van der Waals surface area contributed by atoms with E-state index in [1.165, 1.54) is 12.8 Å². The number of pyridine rings is 1. The molecule has 0 spiro atoms. The van der Waals surface area contributed by atoms with Gasteiger partial charge in [-0.3, -0.25) is 9.78 Å². The second-order valence-corrected chi connectivity index (χ2v) is 6.93. The lowest BCUT2D eigenvalue weighted by Gasteiger charge is -2.28. The molecule has 2 aromatic rings. The van der Waals surface area contributed by atoms with Gasteiger partial charge in [0.15, 0.2) is 5.76 Å². The maximum Gasteiger partial charge on any atom is 0.289 e. The first-order chi connectivity index (χ1) is 11.8. The van der Waals surface area contributed by atoms with Crippen LogP contribution in [-0.2, 0) is 11.3 Å². The third-order valence-corrected chi connectivity index (χ3v) is 5.42. The summed E-state index contributed by atoms with van der Waals surface area (Å²) in [7, 11) is 0. The van der Waals surface area contributed by atoms with E-state index in [2.05, 4.69) is 4.98 Å². The van der Waals surface area contributed by atoms with E-state index in [4.69, 9.17) is 9.15 Å². The van der Waals surface area contributed by atoms with Gasteiger partial charge in [0.2, 0.25) is 0 Å². The van der Waals surface area contributed by atoms with Gasteiger partial charge in [0.25, 0.3) is 5.91 Å². The van der Waals surface area contributed by atoms with Crippen molar-refractivity contribution >= 4 is 5.91 Å². The number of nitrogens with zero attached hydrogens (tertiary/aromatic N) is 2. The standard InChI is InChI=1S/C19H22N2O3/c22-18(17-7-4-10-24-17)21-11-15-5-3-8-19(15,13-21)14-23-12-16-6-1-2-9-20-16/h1-2,4,6-7,9-10,15H,3,5,8,11-14H2/t15-,19+/m1/s1. The van der Waals surface area contributed by atoms with Gasteiger partial charge in [-0.2, -0.15) is 0 Å². The van der Waals surface area contributed by atoms with Gasteiger partial charge in [0, 0.05) is 24.7 Å². The summed E-state index contributed by atoms with van der Waals surface area (Å²) in [5.41, 5.74) is 1.04. The van der Waals surface area contributed by atoms with Crippen molar-refractivity contribution in [3.8, 4) is 0 Å². The molecule has 5 heteroatoms. The van der Waals surface area contributed by atoms with Crippen LogP contribution in [0.25, 0.3) is 0 Å². The highest BCUT2D eigenvalue weighted by atomic mass is 16.5. The topological polar surface area (TPSA) is 55.6 Å². The Kier molecular flexibility index (Phi) is 4.10. The third-order valence-electron chi connectivity index (χ3n) is 5.42. The molecule has 2 aromatic heterocycles. The van der Waals surface area contributed by atoms with E-state index >= 15 is 0 Å². The molecule has 24 heavy (non-hydrogen) atoms. The van der Waals surface area contributed by atoms with Crippen LogP contribution in [0.4, 0.5) is 0 Å². The van der Waals surface area contributed by atoms with Gasteiger partial charge in [-0.15, -0.1) is 0 Å². The molecular formula is C19H22N2O3. The van der Waals surface area contributed by atoms with Crippen molar-refractivity contribution in [2.45, 2.75) is 25.9 Å². The van der Waals surface area contributed by atoms with Crippen molar-refractivity contribution in [1.82, 2.24) is 9.88 Å². The molecule has 1 saturated heterocycles. The number of carbonyl (C=O) groups excluding carboxylic acids is 1. The van der Waals surface area contributed by atoms with E-state index in [0.717, 1.165) is 25.2 Å². The van der Waals surface area contributed by atoms with Crippen molar-refractivity contribution < 1.29 is 13.9 Å². The Morgan fingerprint density at radius 3 is 3.12 bits per heavy atom. The minimum atomic E-state index is -0.00139. The molecule has 0 radical (unpaired) electrons. The number of hydrogen-bond acceptors (Lipinski definition) is 4. The van der Waals surface area contributed by atoms with Gasteiger partial charge >= 0.3 is 0 Å². The lowest BCUT2D eigenvalue weighted by atomic mass is 9.81. The largest absolute Gasteiger partial charge is 0.459 e. The first-order valence-electron chi connectivity index (χ1n) is 8.57. The molecule has 1 aliphatic heterocycles. The minimum Gasteiger partial charge on any atom is -0.459 e. The summed E-state index contributed by atoms with van der Waals surface area (Å²) in [5.74, 6) is 0.957. The van der Waals surface area contributed by atoms with Gasteiger partial charge in [0.1, 0.15) is 0 Å². The smallest absolute Gasteiger partial charge is 0.289 e. The fourth-order valence-electron chi connectivity index (χ4n) is 4.20. The molecule has 3 heterocycles. The maximum absolute atomic E-state index is 12.6. The molecule has 2 aliphatic rings. The number of hydrogen-bond donors (Lipinski definition) is 0. The molecule has 0 N–H and O–H groups in total. The van der Waals surface area contributed by atoms with Crippen LogP contribution < -0.4 is 0 Å². The minimum absolute atomic E-state index is 0.00139. The zero-order valence-electron chi connectivity index (χ0n) is 13.7. The predicted octanol–water partition coefficient (Wildman–Crippen LogP) is 3.13. The molecule has 5 nitrogen and oxygen atoms in total. The Morgan fingerprint density at radius 2 is 2.33 bits per heavy atom. The SMILES string of the molecule is O=C(c1ccco1)N1C[C@H]2CCC[C@@]2(COCc2ccccn2)C1. The van der Waals surface area contributed by atoms with Gasteiger partial charge in [-0.1, -0.05) is 12.5 Å². The van der Waals surface area contributed by atoms with Crippen LogP contribution in [0.5, 0.6) is 0 Å². The second kappa shape index (κ2) is 6.40. The summed E-state index contributed by atoms with van der Waals surface area (Å²) in [6.07, 6.45) is 6.86.